The minimum Gasteiger partial charge on any atom is -0.368 e. The van der Waals surface area contributed by atoms with E-state index in [1.165, 1.54) is 18.2 Å². The molecule has 2 aromatic carbocycles. The van der Waals surface area contributed by atoms with E-state index in [0.717, 1.165) is 22.3 Å². The largest absolute Gasteiger partial charge is 0.368 e. The van der Waals surface area contributed by atoms with Gasteiger partial charge in [-0.1, -0.05) is 23.7 Å². The molecule has 2 aromatic rings. The molecule has 0 aromatic heterocycles. The van der Waals surface area contributed by atoms with Gasteiger partial charge in [0.2, 0.25) is 15.9 Å². The van der Waals surface area contributed by atoms with Crippen LogP contribution >= 0.6 is 11.6 Å². The lowest BCUT2D eigenvalue weighted by Gasteiger charge is -2.37. The molecule has 1 aliphatic rings. The highest BCUT2D eigenvalue weighted by molar-refractivity contribution is 7.92. The molecule has 1 aliphatic heterocycles. The Balaban J connectivity index is 1.70. The Hall–Kier alpha value is -2.85. The van der Waals surface area contributed by atoms with Gasteiger partial charge in [-0.3, -0.25) is 19.2 Å². The molecule has 1 saturated heterocycles. The van der Waals surface area contributed by atoms with Crippen LogP contribution in [-0.2, 0) is 14.8 Å². The van der Waals surface area contributed by atoms with E-state index in [0.29, 0.717) is 31.2 Å². The molecule has 11 heteroatoms. The number of halogens is 1. The number of piperazine rings is 1. The summed E-state index contributed by atoms with van der Waals surface area (Å²) in [4.78, 5) is 26.9. The number of benzene rings is 2. The van der Waals surface area contributed by atoms with Crippen LogP contribution in [0.3, 0.4) is 0 Å². The van der Waals surface area contributed by atoms with Crippen molar-refractivity contribution in [3.8, 4) is 0 Å². The van der Waals surface area contributed by atoms with Gasteiger partial charge in [0.1, 0.15) is 6.54 Å². The first kappa shape index (κ1) is 21.8. The Morgan fingerprint density at radius 1 is 1.13 bits per heavy atom. The molecule has 160 valence electrons. The first-order chi connectivity index (χ1) is 14.1. The number of anilines is 2. The molecule has 0 atom stereocenters. The molecule has 0 unspecified atom stereocenters. The fraction of sp³-hybridized carbons (Fsp3) is 0.316. The highest BCUT2D eigenvalue weighted by Gasteiger charge is 2.27. The summed E-state index contributed by atoms with van der Waals surface area (Å²) in [5.74, 6) is -0.363. The smallest absolute Gasteiger partial charge is 0.271 e. The number of amides is 1. The third-order valence-electron chi connectivity index (χ3n) is 4.81. The normalized spacial score (nSPS) is 14.5. The highest BCUT2D eigenvalue weighted by atomic mass is 35.5. The number of non-ortho nitro benzene ring substituents is 1. The minimum atomic E-state index is -3.81. The van der Waals surface area contributed by atoms with Crippen molar-refractivity contribution >= 4 is 44.6 Å². The van der Waals surface area contributed by atoms with Crippen LogP contribution in [0.1, 0.15) is 0 Å². The van der Waals surface area contributed by atoms with Crippen molar-refractivity contribution in [2.45, 2.75) is 0 Å². The molecule has 1 amide bonds. The fourth-order valence-corrected chi connectivity index (χ4v) is 4.30. The van der Waals surface area contributed by atoms with Gasteiger partial charge < -0.3 is 9.80 Å². The molecular formula is C19H21ClN4O5S. The Morgan fingerprint density at radius 2 is 1.80 bits per heavy atom. The van der Waals surface area contributed by atoms with Crippen LogP contribution < -0.4 is 9.21 Å². The van der Waals surface area contributed by atoms with Gasteiger partial charge >= 0.3 is 0 Å². The monoisotopic (exact) mass is 452 g/mol. The average Bonchev–Trinajstić information content (AvgIpc) is 2.71. The second-order valence-electron chi connectivity index (χ2n) is 6.89. The van der Waals surface area contributed by atoms with E-state index in [2.05, 4.69) is 4.90 Å². The van der Waals surface area contributed by atoms with Gasteiger partial charge in [-0.15, -0.1) is 0 Å². The van der Waals surface area contributed by atoms with Crippen LogP contribution in [0.5, 0.6) is 0 Å². The number of sulfonamides is 1. The topological polar surface area (TPSA) is 104 Å². The zero-order chi connectivity index (χ0) is 21.9. The quantitative estimate of drug-likeness (QED) is 0.492. The van der Waals surface area contributed by atoms with E-state index in [1.807, 2.05) is 18.2 Å². The summed E-state index contributed by atoms with van der Waals surface area (Å²) in [6.07, 6.45) is 0.968. The number of hydrogen-bond acceptors (Lipinski definition) is 6. The van der Waals surface area contributed by atoms with Gasteiger partial charge in [0.15, 0.2) is 0 Å². The molecule has 1 fully saturated rings. The minimum absolute atomic E-state index is 0.0811. The van der Waals surface area contributed by atoms with Crippen LogP contribution in [0.25, 0.3) is 0 Å². The van der Waals surface area contributed by atoms with Crippen LogP contribution in [0.4, 0.5) is 17.1 Å². The molecular weight excluding hydrogens is 432 g/mol. The van der Waals surface area contributed by atoms with E-state index in [9.17, 15) is 23.3 Å². The zero-order valence-electron chi connectivity index (χ0n) is 16.3. The van der Waals surface area contributed by atoms with Crippen molar-refractivity contribution in [3.63, 3.8) is 0 Å². The molecule has 3 rings (SSSR count). The number of nitro benzene ring substituents is 1. The van der Waals surface area contributed by atoms with Crippen molar-refractivity contribution in [2.75, 3.05) is 48.2 Å². The van der Waals surface area contributed by atoms with Crippen LogP contribution in [0.15, 0.2) is 48.5 Å². The molecule has 0 bridgehead atoms. The Morgan fingerprint density at radius 3 is 2.40 bits per heavy atom. The maximum absolute atomic E-state index is 12.8. The lowest BCUT2D eigenvalue weighted by molar-refractivity contribution is -0.384. The van der Waals surface area contributed by atoms with Crippen LogP contribution in [0, 0.1) is 10.1 Å². The molecule has 1 heterocycles. The SMILES string of the molecule is CS(=O)(=O)N(CC(=O)N1CCN(c2cccc(Cl)c2)CC1)c1cccc([N+](=O)[O-])c1. The molecule has 9 nitrogen and oxygen atoms in total. The number of nitrogens with zero attached hydrogens (tertiary/aromatic N) is 4. The zero-order valence-corrected chi connectivity index (χ0v) is 17.8. The van der Waals surface area contributed by atoms with E-state index < -0.39 is 21.5 Å². The molecule has 0 radical (unpaired) electrons. The van der Waals surface area contributed by atoms with Crippen molar-refractivity contribution < 1.29 is 18.1 Å². The number of nitro groups is 1. The van der Waals surface area contributed by atoms with Gasteiger partial charge in [-0.05, 0) is 24.3 Å². The Kier molecular flexibility index (Phi) is 6.47. The van der Waals surface area contributed by atoms with Crippen LogP contribution in [-0.4, -0.2) is 63.1 Å². The second kappa shape index (κ2) is 8.88. The van der Waals surface area contributed by atoms with Gasteiger partial charge in [0.05, 0.1) is 16.9 Å². The molecule has 0 spiro atoms. The third kappa shape index (κ3) is 5.19. The van der Waals surface area contributed by atoms with Crippen molar-refractivity contribution in [1.29, 1.82) is 0 Å². The van der Waals surface area contributed by atoms with Gasteiger partial charge in [0, 0.05) is 49.0 Å². The second-order valence-corrected chi connectivity index (χ2v) is 9.24. The van der Waals surface area contributed by atoms with Gasteiger partial charge in [-0.2, -0.15) is 0 Å². The van der Waals surface area contributed by atoms with Gasteiger partial charge in [0.25, 0.3) is 5.69 Å². The Labute approximate surface area is 179 Å². The summed E-state index contributed by atoms with van der Waals surface area (Å²) in [6.45, 7) is 1.61. The highest BCUT2D eigenvalue weighted by Crippen LogP contribution is 2.24. The molecule has 0 N–H and O–H groups in total. The summed E-state index contributed by atoms with van der Waals surface area (Å²) in [6, 6.07) is 12.7. The lowest BCUT2D eigenvalue weighted by atomic mass is 10.2. The summed E-state index contributed by atoms with van der Waals surface area (Å²) in [7, 11) is -3.81. The summed E-state index contributed by atoms with van der Waals surface area (Å²) in [5.41, 5.74) is 0.797. The van der Waals surface area contributed by atoms with Crippen molar-refractivity contribution in [3.05, 3.63) is 63.7 Å². The van der Waals surface area contributed by atoms with E-state index in [1.54, 1.807) is 11.0 Å². The maximum Gasteiger partial charge on any atom is 0.271 e. The van der Waals surface area contributed by atoms with Gasteiger partial charge in [-0.25, -0.2) is 8.42 Å². The average molecular weight is 453 g/mol. The first-order valence-electron chi connectivity index (χ1n) is 9.15. The summed E-state index contributed by atoms with van der Waals surface area (Å²) in [5, 5.41) is 11.6. The summed E-state index contributed by atoms with van der Waals surface area (Å²) >= 11 is 6.04. The molecule has 0 aliphatic carbocycles. The number of carbonyl (C=O) groups is 1. The predicted molar refractivity (Wildman–Crippen MR) is 116 cm³/mol. The number of carbonyl (C=O) groups excluding carboxylic acids is 1. The van der Waals surface area contributed by atoms with Crippen molar-refractivity contribution in [2.24, 2.45) is 0 Å². The number of hydrogen-bond donors (Lipinski definition) is 0. The van der Waals surface area contributed by atoms with E-state index in [4.69, 9.17) is 11.6 Å². The van der Waals surface area contributed by atoms with Crippen LogP contribution in [0.2, 0.25) is 5.02 Å². The molecule has 30 heavy (non-hydrogen) atoms. The molecule has 0 saturated carbocycles. The third-order valence-corrected chi connectivity index (χ3v) is 6.19. The Bertz CT molecular complexity index is 1050. The van der Waals surface area contributed by atoms with E-state index in [-0.39, 0.29) is 17.3 Å². The summed E-state index contributed by atoms with van der Waals surface area (Å²) < 4.78 is 25.4. The number of rotatable bonds is 6. The maximum atomic E-state index is 12.8. The van der Waals surface area contributed by atoms with E-state index >= 15 is 0 Å². The van der Waals surface area contributed by atoms with Crippen molar-refractivity contribution in [1.82, 2.24) is 4.90 Å². The fourth-order valence-electron chi connectivity index (χ4n) is 3.27. The predicted octanol–water partition coefficient (Wildman–Crippen LogP) is 2.36. The lowest BCUT2D eigenvalue weighted by Crippen LogP contribution is -2.52. The standard InChI is InChI=1S/C19H21ClN4O5S/c1-30(28,29)23(17-6-3-7-18(13-17)24(26)27)14-19(25)22-10-8-21(9-11-22)16-5-2-4-15(20)12-16/h2-7,12-13H,8-11,14H2,1H3. The first-order valence-corrected chi connectivity index (χ1v) is 11.4.